The van der Waals surface area contributed by atoms with Crippen LogP contribution in [0, 0.1) is 12.3 Å². The number of ether oxygens (including phenoxy) is 1. The number of carbonyl (C=O) groups is 1. The molecule has 0 aliphatic carbocycles. The van der Waals surface area contributed by atoms with Crippen molar-refractivity contribution < 1.29 is 24.3 Å². The molecule has 0 saturated carbocycles. The summed E-state index contributed by atoms with van der Waals surface area (Å²) in [5.41, 5.74) is -0.374. The zero-order chi connectivity index (χ0) is 10.9. The van der Waals surface area contributed by atoms with Crippen molar-refractivity contribution in [3.63, 3.8) is 0 Å². The van der Waals surface area contributed by atoms with Gasteiger partial charge in [0.2, 0.25) is 0 Å². The van der Waals surface area contributed by atoms with Crippen molar-refractivity contribution in [2.24, 2.45) is 5.41 Å². The van der Waals surface area contributed by atoms with Crippen LogP contribution < -0.4 is 0 Å². The molecule has 0 unspecified atom stereocenters. The molecule has 0 amide bonds. The molecule has 0 aromatic rings. The van der Waals surface area contributed by atoms with E-state index >= 15 is 0 Å². The first-order valence-corrected chi connectivity index (χ1v) is 13.3. The van der Waals surface area contributed by atoms with E-state index in [1.807, 2.05) is 20.8 Å². The Morgan fingerprint density at radius 1 is 1.46 bits per heavy atom. The van der Waals surface area contributed by atoms with Gasteiger partial charge in [0, 0.05) is 0 Å². The topological polar surface area (TPSA) is 26.3 Å². The quantitative estimate of drug-likeness (QED) is 0.257. The predicted octanol–water partition coefficient (Wildman–Crippen LogP) is 3.07. The summed E-state index contributed by atoms with van der Waals surface area (Å²) in [4.78, 5) is 11.1. The third-order valence-corrected chi connectivity index (χ3v) is 1.24. The third kappa shape index (κ3) is 10.7. The van der Waals surface area contributed by atoms with E-state index in [0.29, 0.717) is 6.61 Å². The number of hydrogen-bond donors (Lipinski definition) is 0. The Morgan fingerprint density at radius 2 is 1.92 bits per heavy atom. The van der Waals surface area contributed by atoms with Crippen LogP contribution in [0.25, 0.3) is 0 Å². The average molecular weight is 350 g/mol. The molecular formula is C9H17IO2Zn. The van der Waals surface area contributed by atoms with Crippen molar-refractivity contribution in [3.8, 4) is 0 Å². The van der Waals surface area contributed by atoms with Gasteiger partial charge in [0.25, 0.3) is 0 Å². The second kappa shape index (κ2) is 9.38. The van der Waals surface area contributed by atoms with Crippen molar-refractivity contribution in [2.45, 2.75) is 33.6 Å². The van der Waals surface area contributed by atoms with Gasteiger partial charge in [0.05, 0.1) is 12.0 Å². The Labute approximate surface area is 102 Å². The molecule has 0 radical (unpaired) electrons. The maximum absolute atomic E-state index is 11.1. The normalized spacial score (nSPS) is 10.1. The van der Waals surface area contributed by atoms with Crippen LogP contribution in [0.3, 0.4) is 0 Å². The van der Waals surface area contributed by atoms with Gasteiger partial charge in [0.15, 0.2) is 0 Å². The predicted molar refractivity (Wildman–Crippen MR) is 59.0 cm³/mol. The van der Waals surface area contributed by atoms with Gasteiger partial charge in [0.1, 0.15) is 0 Å². The molecule has 0 N–H and O–H groups in total. The van der Waals surface area contributed by atoms with E-state index in [9.17, 15) is 4.79 Å². The van der Waals surface area contributed by atoms with E-state index in [1.54, 1.807) is 0 Å². The molecule has 0 rings (SSSR count). The Kier molecular flexibility index (Phi) is 11.7. The number of esters is 1. The van der Waals surface area contributed by atoms with Crippen LogP contribution in [-0.4, -0.2) is 12.6 Å². The monoisotopic (exact) mass is 348 g/mol. The first kappa shape index (κ1) is 16.3. The number of carbonyl (C=O) groups excluding carboxylic acids is 1. The molecule has 13 heavy (non-hydrogen) atoms. The van der Waals surface area contributed by atoms with Crippen LogP contribution in [0.4, 0.5) is 0 Å². The summed E-state index contributed by atoms with van der Waals surface area (Å²) in [5.74, 6) is -0.133. The van der Waals surface area contributed by atoms with Crippen LogP contribution >= 0.6 is 19.8 Å². The van der Waals surface area contributed by atoms with Crippen LogP contribution in [0.5, 0.6) is 0 Å². The SMILES string of the molecule is [CH2-]CCCOC(=O)C(C)(C)C.[Zn+][I]. The first-order chi connectivity index (χ1) is 5.98. The molecule has 0 atom stereocenters. The standard InChI is InChI=1S/C9H17O2.HI.Zn/c1-5-6-7-11-8(10)9(2,3)4;;/h1,5-7H2,2-4H3;1H;/q-1;;+2/p-1. The zero-order valence-electron chi connectivity index (χ0n) is 8.73. The molecule has 0 heterocycles. The molecule has 0 aliphatic rings. The van der Waals surface area contributed by atoms with Gasteiger partial charge in [-0.3, -0.25) is 4.79 Å². The van der Waals surface area contributed by atoms with Crippen LogP contribution in [0.15, 0.2) is 0 Å². The zero-order valence-corrected chi connectivity index (χ0v) is 13.9. The Balaban J connectivity index is 0. The van der Waals surface area contributed by atoms with Crippen LogP contribution in [0.1, 0.15) is 33.6 Å². The summed E-state index contributed by atoms with van der Waals surface area (Å²) < 4.78 is 4.97. The van der Waals surface area contributed by atoms with Gasteiger partial charge >= 0.3 is 40.5 Å². The summed E-state index contributed by atoms with van der Waals surface area (Å²) >= 11 is 3.62. The minimum absolute atomic E-state index is 0.133. The van der Waals surface area contributed by atoms with Gasteiger partial charge in [-0.1, -0.05) is 0 Å². The summed E-state index contributed by atoms with van der Waals surface area (Å²) in [6.45, 7) is 9.69. The third-order valence-electron chi connectivity index (χ3n) is 1.24. The van der Waals surface area contributed by atoms with E-state index in [0.717, 1.165) is 12.8 Å². The van der Waals surface area contributed by atoms with Gasteiger partial charge in [-0.25, -0.2) is 0 Å². The molecule has 2 nitrogen and oxygen atoms in total. The number of rotatable bonds is 3. The second-order valence-corrected chi connectivity index (χ2v) is 3.59. The van der Waals surface area contributed by atoms with Crippen molar-refractivity contribution in [1.29, 1.82) is 0 Å². The van der Waals surface area contributed by atoms with Crippen LogP contribution in [0.2, 0.25) is 0 Å². The van der Waals surface area contributed by atoms with Crippen molar-refractivity contribution in [1.82, 2.24) is 0 Å². The maximum atomic E-state index is 11.1. The van der Waals surface area contributed by atoms with E-state index < -0.39 is 0 Å². The molecule has 0 saturated heterocycles. The number of unbranched alkanes of at least 4 members (excludes halogenated alkanes) is 1. The van der Waals surface area contributed by atoms with Crippen molar-refractivity contribution in [3.05, 3.63) is 6.92 Å². The number of hydrogen-bond acceptors (Lipinski definition) is 2. The summed E-state index contributed by atoms with van der Waals surface area (Å²) in [7, 11) is 0. The summed E-state index contributed by atoms with van der Waals surface area (Å²) in [5, 5.41) is 0. The molecule has 0 bridgehead atoms. The molecule has 0 aromatic carbocycles. The van der Waals surface area contributed by atoms with E-state index in [4.69, 9.17) is 4.74 Å². The fourth-order valence-electron chi connectivity index (χ4n) is 0.483. The molecule has 74 valence electrons. The second-order valence-electron chi connectivity index (χ2n) is 3.59. The van der Waals surface area contributed by atoms with Crippen molar-refractivity contribution in [2.75, 3.05) is 6.61 Å². The van der Waals surface area contributed by atoms with E-state index in [2.05, 4.69) is 26.7 Å². The van der Waals surface area contributed by atoms with Crippen molar-refractivity contribution >= 4 is 25.7 Å². The van der Waals surface area contributed by atoms with Gasteiger partial charge in [-0.05, 0) is 27.2 Å². The van der Waals surface area contributed by atoms with Gasteiger partial charge in [-0.15, -0.1) is 0 Å². The molecule has 0 aliphatic heterocycles. The molecular weight excluding hydrogens is 332 g/mol. The molecule has 0 spiro atoms. The first-order valence-electron chi connectivity index (χ1n) is 4.21. The molecule has 4 heteroatoms. The Morgan fingerprint density at radius 3 is 2.23 bits per heavy atom. The van der Waals surface area contributed by atoms with E-state index in [1.165, 1.54) is 14.8 Å². The Hall–Kier alpha value is 0.823. The fourth-order valence-corrected chi connectivity index (χ4v) is 0.483. The minimum atomic E-state index is -0.374. The summed E-state index contributed by atoms with van der Waals surface area (Å²) in [6, 6.07) is 0. The van der Waals surface area contributed by atoms with Crippen LogP contribution in [-0.2, 0) is 24.3 Å². The molecule has 0 fully saturated rings. The summed E-state index contributed by atoms with van der Waals surface area (Å²) in [6.07, 6.45) is 1.67. The Bertz CT molecular complexity index is 132. The van der Waals surface area contributed by atoms with Gasteiger partial charge in [-0.2, -0.15) is 6.42 Å². The molecule has 0 aromatic heterocycles. The van der Waals surface area contributed by atoms with Gasteiger partial charge < -0.3 is 11.7 Å². The average Bonchev–Trinajstić information content (AvgIpc) is 2.07. The van der Waals surface area contributed by atoms with E-state index in [-0.39, 0.29) is 11.4 Å². The fraction of sp³-hybridized carbons (Fsp3) is 0.778. The number of halogens is 1.